The molecule has 0 amide bonds. The first-order chi connectivity index (χ1) is 14.8. The van der Waals surface area contributed by atoms with E-state index in [4.69, 9.17) is 0 Å². The Bertz CT molecular complexity index is 1170. The summed E-state index contributed by atoms with van der Waals surface area (Å²) in [5, 5.41) is 0. The molecule has 1 heterocycles. The van der Waals surface area contributed by atoms with Crippen molar-refractivity contribution in [3.8, 4) is 0 Å². The first kappa shape index (κ1) is 19.9. The molecule has 0 saturated carbocycles. The van der Waals surface area contributed by atoms with E-state index in [0.29, 0.717) is 17.6 Å². The van der Waals surface area contributed by atoms with Gasteiger partial charge < -0.3 is 4.90 Å². The van der Waals surface area contributed by atoms with Gasteiger partial charge >= 0.3 is 0 Å². The van der Waals surface area contributed by atoms with Crippen molar-refractivity contribution in [2.75, 3.05) is 6.54 Å². The minimum absolute atomic E-state index is 0.0230. The first-order valence-corrected chi connectivity index (χ1v) is 11.0. The molecule has 4 heteroatoms. The summed E-state index contributed by atoms with van der Waals surface area (Å²) in [7, 11) is 0. The SMILES string of the molecule is CCCN1C2=C(C(=O)CC(C)(C)C2)[C@@H](c2ccc(F)cc2)C2=C1c1ccccc1C2=O. The zero-order valence-electron chi connectivity index (χ0n) is 18.2. The predicted molar refractivity (Wildman–Crippen MR) is 119 cm³/mol. The van der Waals surface area contributed by atoms with Crippen LogP contribution in [-0.2, 0) is 4.79 Å². The van der Waals surface area contributed by atoms with Crippen LogP contribution in [0.1, 0.15) is 67.4 Å². The molecule has 0 fully saturated rings. The molecule has 3 aliphatic rings. The smallest absolute Gasteiger partial charge is 0.192 e. The second-order valence-corrected chi connectivity index (χ2v) is 9.57. The Hall–Kier alpha value is -3.01. The Morgan fingerprint density at radius 2 is 1.65 bits per heavy atom. The van der Waals surface area contributed by atoms with E-state index in [-0.39, 0.29) is 22.8 Å². The van der Waals surface area contributed by atoms with Crippen LogP contribution in [0.3, 0.4) is 0 Å². The van der Waals surface area contributed by atoms with Crippen LogP contribution in [0, 0.1) is 11.2 Å². The molecule has 0 aromatic heterocycles. The Morgan fingerprint density at radius 1 is 0.968 bits per heavy atom. The lowest BCUT2D eigenvalue weighted by Crippen LogP contribution is -2.39. The predicted octanol–water partition coefficient (Wildman–Crippen LogP) is 5.89. The van der Waals surface area contributed by atoms with Gasteiger partial charge in [-0.25, -0.2) is 4.39 Å². The molecule has 0 N–H and O–H groups in total. The zero-order valence-corrected chi connectivity index (χ0v) is 18.2. The third-order valence-corrected chi connectivity index (χ3v) is 6.65. The lowest BCUT2D eigenvalue weighted by Gasteiger charge is -2.44. The second-order valence-electron chi connectivity index (χ2n) is 9.57. The van der Waals surface area contributed by atoms with Crippen LogP contribution in [-0.4, -0.2) is 23.0 Å². The van der Waals surface area contributed by atoms with Gasteiger partial charge in [-0.2, -0.15) is 0 Å². The quantitative estimate of drug-likeness (QED) is 0.628. The summed E-state index contributed by atoms with van der Waals surface area (Å²) in [6.07, 6.45) is 2.13. The molecule has 2 aliphatic carbocycles. The van der Waals surface area contributed by atoms with Crippen molar-refractivity contribution in [3.05, 3.63) is 87.9 Å². The van der Waals surface area contributed by atoms with E-state index in [1.807, 2.05) is 24.3 Å². The van der Waals surface area contributed by atoms with Gasteiger partial charge in [0.25, 0.3) is 0 Å². The van der Waals surface area contributed by atoms with Gasteiger partial charge in [0.1, 0.15) is 5.82 Å². The number of carbonyl (C=O) groups excluding carboxylic acids is 2. The fraction of sp³-hybridized carbons (Fsp3) is 0.333. The average Bonchev–Trinajstić information content (AvgIpc) is 3.02. The van der Waals surface area contributed by atoms with E-state index in [1.54, 1.807) is 12.1 Å². The Morgan fingerprint density at radius 3 is 2.32 bits per heavy atom. The lowest BCUT2D eigenvalue weighted by atomic mass is 9.68. The van der Waals surface area contributed by atoms with E-state index in [2.05, 4.69) is 25.7 Å². The van der Waals surface area contributed by atoms with Crippen LogP contribution in [0.2, 0.25) is 0 Å². The number of fused-ring (bicyclic) bond motifs is 2. The third kappa shape index (κ3) is 3.00. The monoisotopic (exact) mass is 415 g/mol. The molecule has 0 spiro atoms. The van der Waals surface area contributed by atoms with Crippen LogP contribution in [0.15, 0.2) is 65.4 Å². The van der Waals surface area contributed by atoms with E-state index in [9.17, 15) is 14.0 Å². The van der Waals surface area contributed by atoms with E-state index in [1.165, 1.54) is 12.1 Å². The molecule has 3 nitrogen and oxygen atoms in total. The topological polar surface area (TPSA) is 37.4 Å². The van der Waals surface area contributed by atoms with Gasteiger partial charge in [-0.05, 0) is 36.0 Å². The molecule has 5 rings (SSSR count). The van der Waals surface area contributed by atoms with Gasteiger partial charge in [-0.3, -0.25) is 9.59 Å². The summed E-state index contributed by atoms with van der Waals surface area (Å²) in [5.74, 6) is -0.711. The number of hydrogen-bond acceptors (Lipinski definition) is 3. The summed E-state index contributed by atoms with van der Waals surface area (Å²) >= 11 is 0. The molecule has 2 aromatic carbocycles. The number of halogens is 1. The summed E-state index contributed by atoms with van der Waals surface area (Å²) in [4.78, 5) is 29.4. The third-order valence-electron chi connectivity index (χ3n) is 6.65. The standard InChI is InChI=1S/C27H26FNO2/c1-4-13-29-20-14-27(2,3)15-21(30)23(20)22(16-9-11-17(28)12-10-16)24-25(29)18-7-5-6-8-19(18)26(24)31/h5-12,22H,4,13-15H2,1-3H3/t22-/m1/s1. The number of ketones is 2. The Labute approximate surface area is 182 Å². The van der Waals surface area contributed by atoms with Crippen LogP contribution >= 0.6 is 0 Å². The summed E-state index contributed by atoms with van der Waals surface area (Å²) < 4.78 is 13.7. The Balaban J connectivity index is 1.81. The molecule has 0 unspecified atom stereocenters. The van der Waals surface area contributed by atoms with Crippen molar-refractivity contribution in [2.45, 2.75) is 46.0 Å². The average molecular weight is 416 g/mol. The van der Waals surface area contributed by atoms with Crippen molar-refractivity contribution in [1.82, 2.24) is 4.90 Å². The maximum atomic E-state index is 13.7. The van der Waals surface area contributed by atoms with Gasteiger partial charge in [0.2, 0.25) is 0 Å². The first-order valence-electron chi connectivity index (χ1n) is 11.0. The summed E-state index contributed by atoms with van der Waals surface area (Å²) in [6.45, 7) is 7.12. The van der Waals surface area contributed by atoms with Gasteiger partial charge in [0.05, 0.1) is 5.70 Å². The number of nitrogens with zero attached hydrogens (tertiary/aromatic N) is 1. The molecule has 1 atom stereocenters. The minimum atomic E-state index is -0.456. The maximum absolute atomic E-state index is 13.7. The number of benzene rings is 2. The van der Waals surface area contributed by atoms with Crippen molar-refractivity contribution in [3.63, 3.8) is 0 Å². The molecule has 0 bridgehead atoms. The van der Waals surface area contributed by atoms with Crippen LogP contribution in [0.4, 0.5) is 4.39 Å². The van der Waals surface area contributed by atoms with Gasteiger partial charge in [-0.15, -0.1) is 0 Å². The zero-order chi connectivity index (χ0) is 21.9. The number of Topliss-reactive ketones (excluding diaryl/α,β-unsaturated/α-hetero) is 2. The van der Waals surface area contributed by atoms with Gasteiger partial charge in [0, 0.05) is 46.9 Å². The van der Waals surface area contributed by atoms with Crippen molar-refractivity contribution < 1.29 is 14.0 Å². The molecule has 1 aliphatic heterocycles. The highest BCUT2D eigenvalue weighted by molar-refractivity contribution is 6.23. The highest BCUT2D eigenvalue weighted by atomic mass is 19.1. The number of rotatable bonds is 3. The fourth-order valence-corrected chi connectivity index (χ4v) is 5.45. The van der Waals surface area contributed by atoms with Crippen molar-refractivity contribution in [2.24, 2.45) is 5.41 Å². The summed E-state index contributed by atoms with van der Waals surface area (Å²) in [5.41, 5.74) is 5.62. The van der Waals surface area contributed by atoms with E-state index >= 15 is 0 Å². The second kappa shape index (κ2) is 7.01. The maximum Gasteiger partial charge on any atom is 0.192 e. The van der Waals surface area contributed by atoms with Crippen molar-refractivity contribution in [1.29, 1.82) is 0 Å². The number of carbonyl (C=O) groups is 2. The molecule has 0 saturated heterocycles. The van der Waals surface area contributed by atoms with Crippen LogP contribution in [0.25, 0.3) is 5.70 Å². The summed E-state index contributed by atoms with van der Waals surface area (Å²) in [6, 6.07) is 14.0. The van der Waals surface area contributed by atoms with Crippen molar-refractivity contribution >= 4 is 17.3 Å². The van der Waals surface area contributed by atoms with Crippen LogP contribution in [0.5, 0.6) is 0 Å². The molecular weight excluding hydrogens is 389 g/mol. The van der Waals surface area contributed by atoms with Crippen LogP contribution < -0.4 is 0 Å². The molecule has 0 radical (unpaired) electrons. The Kier molecular flexibility index (Phi) is 4.51. The number of hydrogen-bond donors (Lipinski definition) is 0. The highest BCUT2D eigenvalue weighted by Crippen LogP contribution is 2.55. The van der Waals surface area contributed by atoms with Gasteiger partial charge in [0.15, 0.2) is 11.6 Å². The molecule has 2 aromatic rings. The highest BCUT2D eigenvalue weighted by Gasteiger charge is 2.48. The molecule has 158 valence electrons. The van der Waals surface area contributed by atoms with Gasteiger partial charge in [-0.1, -0.05) is 57.2 Å². The molecule has 31 heavy (non-hydrogen) atoms. The van der Waals surface area contributed by atoms with E-state index < -0.39 is 5.92 Å². The minimum Gasteiger partial charge on any atom is -0.344 e. The van der Waals surface area contributed by atoms with E-state index in [0.717, 1.165) is 47.5 Å². The normalized spacial score (nSPS) is 21.9. The fourth-order valence-electron chi connectivity index (χ4n) is 5.45. The molecular formula is C27H26FNO2. The number of allylic oxidation sites excluding steroid dienone is 3. The largest absolute Gasteiger partial charge is 0.344 e. The lowest BCUT2D eigenvalue weighted by molar-refractivity contribution is -0.118.